The Bertz CT molecular complexity index is 1230. The number of aryl methyl sites for hydroxylation is 2. The van der Waals surface area contributed by atoms with Gasteiger partial charge >= 0.3 is 0 Å². The van der Waals surface area contributed by atoms with Crippen molar-refractivity contribution >= 4 is 38.9 Å². The average molecular weight is 461 g/mol. The highest BCUT2D eigenvalue weighted by molar-refractivity contribution is 7.92. The zero-order chi connectivity index (χ0) is 22.8. The Morgan fingerprint density at radius 2 is 1.68 bits per heavy atom. The highest BCUT2D eigenvalue weighted by Gasteiger charge is 2.19. The number of carbonyl (C=O) groups is 1. The molecule has 3 aromatic rings. The Morgan fingerprint density at radius 1 is 1.00 bits per heavy atom. The summed E-state index contributed by atoms with van der Waals surface area (Å²) in [6, 6.07) is 15.8. The van der Waals surface area contributed by atoms with E-state index >= 15 is 0 Å². The highest BCUT2D eigenvalue weighted by Crippen LogP contribution is 2.24. The second kappa shape index (κ2) is 9.08. The molecule has 5 nitrogen and oxygen atoms in total. The van der Waals surface area contributed by atoms with Gasteiger partial charge in [0.05, 0.1) is 24.2 Å². The zero-order valence-electron chi connectivity index (χ0n) is 17.3. The quantitative estimate of drug-likeness (QED) is 0.541. The molecule has 1 N–H and O–H groups in total. The van der Waals surface area contributed by atoms with Crippen molar-refractivity contribution in [1.82, 2.24) is 0 Å². The fourth-order valence-corrected chi connectivity index (χ4v) is 4.05. The van der Waals surface area contributed by atoms with E-state index in [4.69, 9.17) is 11.6 Å². The van der Waals surface area contributed by atoms with Crippen LogP contribution in [0.3, 0.4) is 0 Å². The van der Waals surface area contributed by atoms with Gasteiger partial charge < -0.3 is 5.32 Å². The summed E-state index contributed by atoms with van der Waals surface area (Å²) in [5, 5.41) is 2.79. The Kier molecular flexibility index (Phi) is 6.67. The normalized spacial score (nSPS) is 11.3. The fraction of sp³-hybridized carbons (Fsp3) is 0.174. The molecule has 0 atom stereocenters. The van der Waals surface area contributed by atoms with Crippen LogP contribution in [-0.4, -0.2) is 20.6 Å². The number of sulfonamides is 1. The molecule has 8 heteroatoms. The van der Waals surface area contributed by atoms with Gasteiger partial charge in [0.15, 0.2) is 0 Å². The predicted octanol–water partition coefficient (Wildman–Crippen LogP) is 5.31. The van der Waals surface area contributed by atoms with Crippen molar-refractivity contribution in [3.05, 3.63) is 93.8 Å². The zero-order valence-corrected chi connectivity index (χ0v) is 18.9. The number of benzene rings is 3. The number of anilines is 2. The number of amides is 1. The molecule has 0 radical (unpaired) electrons. The van der Waals surface area contributed by atoms with Gasteiger partial charge in [-0.05, 0) is 73.0 Å². The van der Waals surface area contributed by atoms with Crippen molar-refractivity contribution < 1.29 is 17.6 Å². The standard InChI is InChI=1S/C23H22ClFN2O3S/c1-15-4-10-20(12-16(15)2)27(31(3,29)30)14-17-5-7-18(8-6-17)23(28)26-22-13-19(24)9-11-21(22)25/h4-13H,14H2,1-3H3,(H,26,28). The second-order valence-electron chi connectivity index (χ2n) is 7.31. The van der Waals surface area contributed by atoms with Crippen molar-refractivity contribution in [3.8, 4) is 0 Å². The first-order chi connectivity index (χ1) is 14.5. The topological polar surface area (TPSA) is 66.5 Å². The van der Waals surface area contributed by atoms with E-state index in [1.54, 1.807) is 30.3 Å². The average Bonchev–Trinajstić information content (AvgIpc) is 2.70. The first kappa shape index (κ1) is 22.8. The summed E-state index contributed by atoms with van der Waals surface area (Å²) < 4.78 is 39.9. The summed E-state index contributed by atoms with van der Waals surface area (Å²) in [5.41, 5.74) is 3.63. The van der Waals surface area contributed by atoms with Crippen molar-refractivity contribution in [1.29, 1.82) is 0 Å². The van der Waals surface area contributed by atoms with Gasteiger partial charge in [-0.2, -0.15) is 0 Å². The lowest BCUT2D eigenvalue weighted by molar-refractivity contribution is 0.102. The lowest BCUT2D eigenvalue weighted by Crippen LogP contribution is -2.29. The van der Waals surface area contributed by atoms with E-state index in [1.807, 2.05) is 26.0 Å². The smallest absolute Gasteiger partial charge is 0.255 e. The Balaban J connectivity index is 1.80. The number of nitrogens with zero attached hydrogens (tertiary/aromatic N) is 1. The van der Waals surface area contributed by atoms with Gasteiger partial charge in [0.1, 0.15) is 5.82 Å². The fourth-order valence-electron chi connectivity index (χ4n) is 3.00. The molecule has 0 saturated carbocycles. The summed E-state index contributed by atoms with van der Waals surface area (Å²) in [7, 11) is -3.52. The van der Waals surface area contributed by atoms with E-state index in [0.717, 1.165) is 17.4 Å². The van der Waals surface area contributed by atoms with Crippen molar-refractivity contribution in [2.45, 2.75) is 20.4 Å². The minimum Gasteiger partial charge on any atom is -0.319 e. The number of rotatable bonds is 6. The Labute approximate surface area is 186 Å². The first-order valence-corrected chi connectivity index (χ1v) is 11.7. The van der Waals surface area contributed by atoms with Crippen LogP contribution in [0.2, 0.25) is 5.02 Å². The van der Waals surface area contributed by atoms with Crippen LogP contribution in [0.25, 0.3) is 0 Å². The lowest BCUT2D eigenvalue weighted by atomic mass is 10.1. The SMILES string of the molecule is Cc1ccc(N(Cc2ccc(C(=O)Nc3cc(Cl)ccc3F)cc2)S(C)(=O)=O)cc1C. The molecule has 0 heterocycles. The largest absolute Gasteiger partial charge is 0.319 e. The molecule has 0 saturated heterocycles. The molecule has 0 aliphatic carbocycles. The van der Waals surface area contributed by atoms with Gasteiger partial charge in [-0.3, -0.25) is 9.10 Å². The van der Waals surface area contributed by atoms with Gasteiger partial charge in [-0.25, -0.2) is 12.8 Å². The van der Waals surface area contributed by atoms with E-state index in [0.29, 0.717) is 21.8 Å². The van der Waals surface area contributed by atoms with E-state index < -0.39 is 21.7 Å². The maximum Gasteiger partial charge on any atom is 0.255 e. The molecule has 1 amide bonds. The molecule has 0 fully saturated rings. The van der Waals surface area contributed by atoms with Crippen LogP contribution in [-0.2, 0) is 16.6 Å². The van der Waals surface area contributed by atoms with Crippen LogP contribution in [0, 0.1) is 19.7 Å². The summed E-state index contributed by atoms with van der Waals surface area (Å²) in [5.74, 6) is -1.09. The second-order valence-corrected chi connectivity index (χ2v) is 9.66. The highest BCUT2D eigenvalue weighted by atomic mass is 35.5. The summed E-state index contributed by atoms with van der Waals surface area (Å²) in [6.07, 6.45) is 1.16. The van der Waals surface area contributed by atoms with Crippen molar-refractivity contribution in [2.24, 2.45) is 0 Å². The Morgan fingerprint density at radius 3 is 2.29 bits per heavy atom. The predicted molar refractivity (Wildman–Crippen MR) is 123 cm³/mol. The molecular weight excluding hydrogens is 439 g/mol. The number of hydrogen-bond donors (Lipinski definition) is 1. The monoisotopic (exact) mass is 460 g/mol. The third-order valence-corrected chi connectivity index (χ3v) is 6.27. The van der Waals surface area contributed by atoms with E-state index in [2.05, 4.69) is 5.32 Å². The molecule has 31 heavy (non-hydrogen) atoms. The van der Waals surface area contributed by atoms with E-state index in [-0.39, 0.29) is 12.2 Å². The first-order valence-electron chi connectivity index (χ1n) is 9.45. The molecule has 0 aromatic heterocycles. The molecule has 0 aliphatic rings. The van der Waals surface area contributed by atoms with Crippen LogP contribution in [0.1, 0.15) is 27.0 Å². The Hall–Kier alpha value is -2.90. The molecule has 3 aromatic carbocycles. The molecule has 0 aliphatic heterocycles. The molecule has 0 spiro atoms. The number of nitrogens with one attached hydrogen (secondary N) is 1. The van der Waals surface area contributed by atoms with E-state index in [9.17, 15) is 17.6 Å². The minimum absolute atomic E-state index is 0.0143. The third kappa shape index (κ3) is 5.62. The molecule has 0 unspecified atom stereocenters. The molecule has 162 valence electrons. The maximum atomic E-state index is 13.8. The molecule has 0 bridgehead atoms. The number of halogens is 2. The van der Waals surface area contributed by atoms with Crippen LogP contribution < -0.4 is 9.62 Å². The summed E-state index contributed by atoms with van der Waals surface area (Å²) >= 11 is 5.85. The van der Waals surface area contributed by atoms with Crippen molar-refractivity contribution in [3.63, 3.8) is 0 Å². The van der Waals surface area contributed by atoms with Gasteiger partial charge in [-0.15, -0.1) is 0 Å². The summed E-state index contributed by atoms with van der Waals surface area (Å²) in [4.78, 5) is 12.4. The molecule has 3 rings (SSSR count). The van der Waals surface area contributed by atoms with Crippen LogP contribution in [0.15, 0.2) is 60.7 Å². The third-order valence-electron chi connectivity index (χ3n) is 4.90. The molecular formula is C23H22ClFN2O3S. The lowest BCUT2D eigenvalue weighted by Gasteiger charge is -2.23. The van der Waals surface area contributed by atoms with Gasteiger partial charge in [0.2, 0.25) is 10.0 Å². The summed E-state index contributed by atoms with van der Waals surface area (Å²) in [6.45, 7) is 4.00. The van der Waals surface area contributed by atoms with Gasteiger partial charge in [-0.1, -0.05) is 29.8 Å². The van der Waals surface area contributed by atoms with Gasteiger partial charge in [0.25, 0.3) is 5.91 Å². The maximum absolute atomic E-state index is 13.8. The number of hydrogen-bond acceptors (Lipinski definition) is 3. The van der Waals surface area contributed by atoms with Crippen LogP contribution >= 0.6 is 11.6 Å². The number of carbonyl (C=O) groups excluding carboxylic acids is 1. The minimum atomic E-state index is -3.52. The van der Waals surface area contributed by atoms with Crippen LogP contribution in [0.5, 0.6) is 0 Å². The van der Waals surface area contributed by atoms with Crippen LogP contribution in [0.4, 0.5) is 15.8 Å². The van der Waals surface area contributed by atoms with Gasteiger partial charge in [0, 0.05) is 10.6 Å². The van der Waals surface area contributed by atoms with Crippen molar-refractivity contribution in [2.75, 3.05) is 15.9 Å². The van der Waals surface area contributed by atoms with E-state index in [1.165, 1.54) is 22.5 Å².